The highest BCUT2D eigenvalue weighted by atomic mass is 16.2. The Labute approximate surface area is 140 Å². The maximum atomic E-state index is 12.7. The van der Waals surface area contributed by atoms with Gasteiger partial charge in [-0.3, -0.25) is 9.59 Å². The number of anilines is 1. The summed E-state index contributed by atoms with van der Waals surface area (Å²) in [6, 6.07) is 15.2. The first-order valence-electron chi connectivity index (χ1n) is 8.23. The van der Waals surface area contributed by atoms with Crippen LogP contribution in [0.3, 0.4) is 0 Å². The van der Waals surface area contributed by atoms with Gasteiger partial charge >= 0.3 is 0 Å². The number of amides is 2. The molecule has 5 heteroatoms. The van der Waals surface area contributed by atoms with Gasteiger partial charge in [-0.25, -0.2) is 4.98 Å². The Morgan fingerprint density at radius 1 is 1.04 bits per heavy atom. The monoisotopic (exact) mass is 321 g/mol. The fourth-order valence-electron chi connectivity index (χ4n) is 3.69. The number of aromatic nitrogens is 1. The second-order valence-electron chi connectivity index (χ2n) is 6.53. The second kappa shape index (κ2) is 5.74. The molecule has 0 radical (unpaired) electrons. The Balaban J connectivity index is 1.49. The van der Waals surface area contributed by atoms with E-state index >= 15 is 0 Å². The molecule has 5 nitrogen and oxygen atoms in total. The fourth-order valence-corrected chi connectivity index (χ4v) is 3.69. The van der Waals surface area contributed by atoms with Gasteiger partial charge in [-0.2, -0.15) is 0 Å². The van der Waals surface area contributed by atoms with Crippen LogP contribution in [0.2, 0.25) is 0 Å². The van der Waals surface area contributed by atoms with E-state index in [-0.39, 0.29) is 23.7 Å². The van der Waals surface area contributed by atoms with E-state index in [2.05, 4.69) is 4.98 Å². The molecule has 1 aromatic heterocycles. The Morgan fingerprint density at radius 3 is 2.54 bits per heavy atom. The standard InChI is InChI=1S/C19H19N3O2/c1-13-6-5-9-17(20-13)19(24)21-10-14-11-22(18(23)16(14)12-21)15-7-3-2-4-8-15/h2-9,14,16H,10-12H2,1H3/t14-,16+/m1/s1. The Hall–Kier alpha value is -2.69. The zero-order valence-corrected chi connectivity index (χ0v) is 13.6. The van der Waals surface area contributed by atoms with Crippen LogP contribution < -0.4 is 4.90 Å². The Morgan fingerprint density at radius 2 is 1.83 bits per heavy atom. The van der Waals surface area contributed by atoms with Crippen molar-refractivity contribution in [2.45, 2.75) is 6.92 Å². The van der Waals surface area contributed by atoms with Crippen molar-refractivity contribution in [3.8, 4) is 0 Å². The van der Waals surface area contributed by atoms with Crippen LogP contribution in [0, 0.1) is 18.8 Å². The van der Waals surface area contributed by atoms with Crippen molar-refractivity contribution in [2.24, 2.45) is 11.8 Å². The number of aryl methyl sites for hydroxylation is 1. The third-order valence-corrected chi connectivity index (χ3v) is 4.90. The summed E-state index contributed by atoms with van der Waals surface area (Å²) in [4.78, 5) is 33.3. The summed E-state index contributed by atoms with van der Waals surface area (Å²) in [6.07, 6.45) is 0. The number of fused-ring (bicyclic) bond motifs is 1. The highest BCUT2D eigenvalue weighted by Crippen LogP contribution is 2.35. The molecule has 3 heterocycles. The van der Waals surface area contributed by atoms with E-state index in [0.717, 1.165) is 11.4 Å². The van der Waals surface area contributed by atoms with Crippen molar-refractivity contribution < 1.29 is 9.59 Å². The van der Waals surface area contributed by atoms with Gasteiger partial charge in [0.25, 0.3) is 5.91 Å². The average Bonchev–Trinajstić information content (AvgIpc) is 3.15. The number of likely N-dealkylation sites (tertiary alicyclic amines) is 1. The summed E-state index contributed by atoms with van der Waals surface area (Å²) < 4.78 is 0. The van der Waals surface area contributed by atoms with Crippen LogP contribution in [0.25, 0.3) is 0 Å². The van der Waals surface area contributed by atoms with Crippen LogP contribution in [-0.2, 0) is 4.79 Å². The molecule has 0 N–H and O–H groups in total. The van der Waals surface area contributed by atoms with E-state index in [4.69, 9.17) is 0 Å². The van der Waals surface area contributed by atoms with Gasteiger partial charge in [0.05, 0.1) is 5.92 Å². The third-order valence-electron chi connectivity index (χ3n) is 4.90. The lowest BCUT2D eigenvalue weighted by Crippen LogP contribution is -2.36. The molecular weight excluding hydrogens is 302 g/mol. The minimum atomic E-state index is -0.0982. The quantitative estimate of drug-likeness (QED) is 0.851. The Bertz CT molecular complexity index is 790. The molecule has 2 fully saturated rings. The molecule has 1 aromatic carbocycles. The smallest absolute Gasteiger partial charge is 0.272 e. The van der Waals surface area contributed by atoms with Crippen molar-refractivity contribution in [1.82, 2.24) is 9.88 Å². The summed E-state index contributed by atoms with van der Waals surface area (Å²) in [5.74, 6) is 0.149. The number of benzene rings is 1. The fraction of sp³-hybridized carbons (Fsp3) is 0.316. The van der Waals surface area contributed by atoms with Crippen molar-refractivity contribution in [3.63, 3.8) is 0 Å². The maximum Gasteiger partial charge on any atom is 0.272 e. The zero-order valence-electron chi connectivity index (χ0n) is 13.6. The number of carbonyl (C=O) groups excluding carboxylic acids is 2. The van der Waals surface area contributed by atoms with Crippen LogP contribution in [0.15, 0.2) is 48.5 Å². The van der Waals surface area contributed by atoms with Gasteiger partial charge in [0.1, 0.15) is 5.69 Å². The predicted molar refractivity (Wildman–Crippen MR) is 90.7 cm³/mol. The van der Waals surface area contributed by atoms with Gasteiger partial charge in [0, 0.05) is 36.9 Å². The lowest BCUT2D eigenvalue weighted by Gasteiger charge is -2.21. The topological polar surface area (TPSA) is 53.5 Å². The minimum Gasteiger partial charge on any atom is -0.336 e. The van der Waals surface area contributed by atoms with E-state index in [0.29, 0.717) is 25.3 Å². The minimum absolute atomic E-state index is 0.0767. The van der Waals surface area contributed by atoms with Gasteiger partial charge in [0.2, 0.25) is 5.91 Å². The highest BCUT2D eigenvalue weighted by Gasteiger charge is 2.47. The lowest BCUT2D eigenvalue weighted by atomic mass is 10.0. The molecule has 0 aliphatic carbocycles. The van der Waals surface area contributed by atoms with Crippen LogP contribution in [0.1, 0.15) is 16.2 Å². The first-order valence-corrected chi connectivity index (χ1v) is 8.23. The Kier molecular flexibility index (Phi) is 3.56. The van der Waals surface area contributed by atoms with E-state index in [1.54, 1.807) is 11.0 Å². The van der Waals surface area contributed by atoms with E-state index < -0.39 is 0 Å². The molecule has 122 valence electrons. The molecule has 4 rings (SSSR count). The molecule has 2 aliphatic rings. The van der Waals surface area contributed by atoms with Gasteiger partial charge in [-0.1, -0.05) is 24.3 Å². The molecule has 2 atom stereocenters. The van der Waals surface area contributed by atoms with Crippen LogP contribution in [0.4, 0.5) is 5.69 Å². The molecule has 0 unspecified atom stereocenters. The van der Waals surface area contributed by atoms with Gasteiger partial charge < -0.3 is 9.80 Å². The van der Waals surface area contributed by atoms with E-state index in [1.165, 1.54) is 0 Å². The van der Waals surface area contributed by atoms with E-state index in [9.17, 15) is 9.59 Å². The summed E-state index contributed by atoms with van der Waals surface area (Å²) in [5.41, 5.74) is 2.23. The molecule has 0 bridgehead atoms. The van der Waals surface area contributed by atoms with Gasteiger partial charge in [-0.15, -0.1) is 0 Å². The summed E-state index contributed by atoms with van der Waals surface area (Å²) in [7, 11) is 0. The number of nitrogens with zero attached hydrogens (tertiary/aromatic N) is 3. The molecule has 2 aromatic rings. The van der Waals surface area contributed by atoms with Crippen LogP contribution >= 0.6 is 0 Å². The predicted octanol–water partition coefficient (Wildman–Crippen LogP) is 2.13. The molecule has 2 aliphatic heterocycles. The number of rotatable bonds is 2. The molecule has 24 heavy (non-hydrogen) atoms. The highest BCUT2D eigenvalue weighted by molar-refractivity contribution is 5.99. The number of hydrogen-bond donors (Lipinski definition) is 0. The van der Waals surface area contributed by atoms with Crippen molar-refractivity contribution in [2.75, 3.05) is 24.5 Å². The van der Waals surface area contributed by atoms with Crippen LogP contribution in [-0.4, -0.2) is 41.3 Å². The largest absolute Gasteiger partial charge is 0.336 e. The SMILES string of the molecule is Cc1cccc(C(=O)N2C[C@@H]3CN(c4ccccc4)C(=O)[C@H]3C2)n1. The van der Waals surface area contributed by atoms with Gasteiger partial charge in [-0.05, 0) is 31.2 Å². The molecule has 2 saturated heterocycles. The lowest BCUT2D eigenvalue weighted by molar-refractivity contribution is -0.120. The first-order chi connectivity index (χ1) is 11.6. The summed E-state index contributed by atoms with van der Waals surface area (Å²) in [5, 5.41) is 0. The van der Waals surface area contributed by atoms with Crippen molar-refractivity contribution in [1.29, 1.82) is 0 Å². The van der Waals surface area contributed by atoms with Crippen molar-refractivity contribution >= 4 is 17.5 Å². The third kappa shape index (κ3) is 2.46. The van der Waals surface area contributed by atoms with Gasteiger partial charge in [0.15, 0.2) is 0 Å². The second-order valence-corrected chi connectivity index (χ2v) is 6.53. The summed E-state index contributed by atoms with van der Waals surface area (Å²) in [6.45, 7) is 3.66. The first kappa shape index (κ1) is 14.9. The number of pyridine rings is 1. The summed E-state index contributed by atoms with van der Waals surface area (Å²) >= 11 is 0. The average molecular weight is 321 g/mol. The number of para-hydroxylation sites is 1. The van der Waals surface area contributed by atoms with Crippen LogP contribution in [0.5, 0.6) is 0 Å². The molecule has 0 saturated carbocycles. The number of hydrogen-bond acceptors (Lipinski definition) is 3. The van der Waals surface area contributed by atoms with Crippen molar-refractivity contribution in [3.05, 3.63) is 59.9 Å². The number of carbonyl (C=O) groups is 2. The zero-order chi connectivity index (χ0) is 16.7. The molecule has 2 amide bonds. The maximum absolute atomic E-state index is 12.7. The molecular formula is C19H19N3O2. The normalized spacial score (nSPS) is 22.8. The molecule has 0 spiro atoms. The van der Waals surface area contributed by atoms with E-state index in [1.807, 2.05) is 54.3 Å².